The van der Waals surface area contributed by atoms with Crippen molar-refractivity contribution >= 4 is 71.0 Å². The Bertz CT molecular complexity index is 2550. The Morgan fingerprint density at radius 2 is 0.719 bits per heavy atom. The maximum absolute atomic E-state index is 13.0. The van der Waals surface area contributed by atoms with Gasteiger partial charge in [0, 0.05) is 14.7 Å². The van der Waals surface area contributed by atoms with Gasteiger partial charge in [0.2, 0.25) is 0 Å². The molecule has 0 aliphatic rings. The maximum Gasteiger partial charge on any atom is 0.297 e. The SMILES string of the molecule is CC(C)(C)c1ccc(I(OS(=O)(=O)CCCS(=O)(=O)OF)c2ccc(C(C)(C)C)cc2)cc1.O=S(=O)(CCCS(=O)(=O)OS(c1ccccc1)(c1ccccc1)c1ccccc1)OF. The molecule has 0 fully saturated rings. The molecule has 0 aliphatic heterocycles. The average Bonchev–Trinajstić information content (AvgIpc) is 3.25. The number of rotatable bonds is 19. The second-order valence-electron chi connectivity index (χ2n) is 16.3. The molecular formula is C44H53F2IO12S5. The van der Waals surface area contributed by atoms with Crippen LogP contribution >= 0.6 is 30.5 Å². The van der Waals surface area contributed by atoms with Crippen LogP contribution in [0.3, 0.4) is 0 Å². The van der Waals surface area contributed by atoms with E-state index >= 15 is 0 Å². The number of hydrogen-bond donors (Lipinski definition) is 0. The van der Waals surface area contributed by atoms with E-state index in [2.05, 4.69) is 50.3 Å². The molecular weight excluding hydrogens is 1050 g/mol. The molecule has 0 bridgehead atoms. The van der Waals surface area contributed by atoms with Gasteiger partial charge in [0.25, 0.3) is 20.2 Å². The minimum Gasteiger partial charge on any atom is -0.207 e. The summed E-state index contributed by atoms with van der Waals surface area (Å²) in [6.45, 7) is 12.6. The molecule has 20 heteroatoms. The summed E-state index contributed by atoms with van der Waals surface area (Å²) >= 11 is -2.88. The summed E-state index contributed by atoms with van der Waals surface area (Å²) in [6.07, 6.45) is -0.701. The van der Waals surface area contributed by atoms with E-state index in [-0.39, 0.29) is 23.7 Å². The van der Waals surface area contributed by atoms with Crippen LogP contribution in [0.15, 0.2) is 154 Å². The summed E-state index contributed by atoms with van der Waals surface area (Å²) in [5.41, 5.74) is 2.12. The second-order valence-corrected chi connectivity index (χ2v) is 30.8. The third-order valence-electron chi connectivity index (χ3n) is 9.18. The molecule has 0 saturated carbocycles. The predicted molar refractivity (Wildman–Crippen MR) is 254 cm³/mol. The third-order valence-corrected chi connectivity index (χ3v) is 23.9. The molecule has 0 unspecified atom stereocenters. The molecule has 5 aromatic rings. The van der Waals surface area contributed by atoms with Crippen molar-refractivity contribution in [1.82, 2.24) is 0 Å². The van der Waals surface area contributed by atoms with E-state index in [0.717, 1.165) is 18.3 Å². The normalized spacial score (nSPS) is 13.4. The summed E-state index contributed by atoms with van der Waals surface area (Å²) in [5.74, 6) is -2.70. The Morgan fingerprint density at radius 1 is 0.422 bits per heavy atom. The van der Waals surface area contributed by atoms with Gasteiger partial charge < -0.3 is 0 Å². The van der Waals surface area contributed by atoms with Gasteiger partial charge in [0.1, 0.15) is 0 Å². The molecule has 352 valence electrons. The molecule has 64 heavy (non-hydrogen) atoms. The van der Waals surface area contributed by atoms with Crippen molar-refractivity contribution in [2.45, 2.75) is 79.9 Å². The smallest absolute Gasteiger partial charge is 0.207 e. The van der Waals surface area contributed by atoms with E-state index < -0.39 is 94.0 Å². The van der Waals surface area contributed by atoms with Gasteiger partial charge in [-0.25, -0.2) is 3.63 Å². The van der Waals surface area contributed by atoms with E-state index in [0.29, 0.717) is 14.7 Å². The van der Waals surface area contributed by atoms with Crippen LogP contribution in [0.1, 0.15) is 65.5 Å². The van der Waals surface area contributed by atoms with Crippen molar-refractivity contribution in [2.75, 3.05) is 23.0 Å². The fourth-order valence-electron chi connectivity index (χ4n) is 5.89. The molecule has 0 amide bonds. The summed E-state index contributed by atoms with van der Waals surface area (Å²) in [7, 11) is -19.8. The van der Waals surface area contributed by atoms with Crippen LogP contribution in [0.2, 0.25) is 0 Å². The number of halogens is 3. The molecule has 0 atom stereocenters. The van der Waals surface area contributed by atoms with Crippen molar-refractivity contribution in [3.63, 3.8) is 0 Å². The largest absolute Gasteiger partial charge is 0.297 e. The van der Waals surface area contributed by atoms with Crippen LogP contribution in [0.5, 0.6) is 0 Å². The molecule has 0 spiro atoms. The molecule has 0 saturated heterocycles. The molecule has 0 aliphatic carbocycles. The Labute approximate surface area is 386 Å². The molecule has 0 radical (unpaired) electrons. The van der Waals surface area contributed by atoms with Crippen molar-refractivity contribution in [1.29, 1.82) is 0 Å². The van der Waals surface area contributed by atoms with Gasteiger partial charge in [0.05, 0.1) is 11.5 Å². The van der Waals surface area contributed by atoms with E-state index in [4.69, 9.17) is 6.14 Å². The zero-order valence-electron chi connectivity index (χ0n) is 36.1. The van der Waals surface area contributed by atoms with Gasteiger partial charge >= 0.3 is 206 Å². The van der Waals surface area contributed by atoms with Crippen LogP contribution in [0, 0.1) is 7.14 Å². The minimum absolute atomic E-state index is 0.0527. The summed E-state index contributed by atoms with van der Waals surface area (Å²) in [5, 5.41) is 0. The summed E-state index contributed by atoms with van der Waals surface area (Å²) in [6, 6.07) is 42.5. The Balaban J connectivity index is 0.000000281. The van der Waals surface area contributed by atoms with Crippen LogP contribution < -0.4 is 0 Å². The molecule has 5 aromatic carbocycles. The van der Waals surface area contributed by atoms with E-state index in [1.165, 1.54) is 0 Å². The van der Waals surface area contributed by atoms with Crippen molar-refractivity contribution in [3.8, 4) is 0 Å². The second kappa shape index (κ2) is 22.4. The fourth-order valence-corrected chi connectivity index (χ4v) is 19.8. The van der Waals surface area contributed by atoms with Crippen LogP contribution in [-0.4, -0.2) is 56.7 Å². The molecule has 12 nitrogen and oxygen atoms in total. The van der Waals surface area contributed by atoms with Crippen molar-refractivity contribution in [3.05, 3.63) is 158 Å². The van der Waals surface area contributed by atoms with Gasteiger partial charge in [-0.3, -0.25) is 0 Å². The van der Waals surface area contributed by atoms with E-state index in [1.54, 1.807) is 72.8 Å². The molecule has 0 N–H and O–H groups in total. The van der Waals surface area contributed by atoms with Crippen LogP contribution in [0.25, 0.3) is 0 Å². The van der Waals surface area contributed by atoms with Gasteiger partial charge in [-0.05, 0) is 57.7 Å². The van der Waals surface area contributed by atoms with Gasteiger partial charge in [-0.15, -0.1) is 0 Å². The van der Waals surface area contributed by atoms with Gasteiger partial charge in [-0.2, -0.15) is 16.8 Å². The average molecular weight is 1100 g/mol. The van der Waals surface area contributed by atoms with Crippen molar-refractivity contribution in [2.24, 2.45) is 0 Å². The standard InChI is InChI=1S/C23H32FIO6S2.C21H21FO6S3/c1-22(2,3)18-8-12-20(13-9-18)25(21-14-10-19(11-15-21)23(4,5)6)31-33(28,29)17-7-16-32(26,27)30-24;22-27-29(23,24)17-10-18-30(25,26)28-31(19-11-4-1-5-12-19,20-13-6-2-7-14-20)21-15-8-3-9-16-21/h8-15H,7,16-17H2,1-6H3;1-9,11-16H,10,17-18H2. The third kappa shape index (κ3) is 15.7. The zero-order chi connectivity index (χ0) is 47.5. The van der Waals surface area contributed by atoms with Crippen molar-refractivity contribution < 1.29 is 57.6 Å². The first kappa shape index (κ1) is 53.3. The van der Waals surface area contributed by atoms with Crippen LogP contribution in [-0.2, 0) is 66.2 Å². The van der Waals surface area contributed by atoms with E-state index in [1.807, 2.05) is 66.7 Å². The maximum atomic E-state index is 13.0. The van der Waals surface area contributed by atoms with Gasteiger partial charge in [-0.1, -0.05) is 59.0 Å². The summed E-state index contributed by atoms with van der Waals surface area (Å²) in [4.78, 5) is 1.99. The predicted octanol–water partition coefficient (Wildman–Crippen LogP) is 10.6. The topological polar surface area (TPSA) is 173 Å². The fraction of sp³-hybridized carbons (Fsp3) is 0.318. The molecule has 0 heterocycles. The Morgan fingerprint density at radius 3 is 1.02 bits per heavy atom. The molecule has 5 rings (SSSR count). The summed E-state index contributed by atoms with van der Waals surface area (Å²) < 4.78 is 139. The van der Waals surface area contributed by atoms with Crippen LogP contribution in [0.4, 0.5) is 9.05 Å². The first-order valence-electron chi connectivity index (χ1n) is 19.6. The monoisotopic (exact) mass is 1100 g/mol. The Kier molecular flexibility index (Phi) is 18.7. The number of hydrogen-bond acceptors (Lipinski definition) is 12. The Hall–Kier alpha value is -3.32. The first-order chi connectivity index (χ1) is 29.8. The van der Waals surface area contributed by atoms with Gasteiger partial charge in [0.15, 0.2) is 0 Å². The minimum atomic E-state index is -4.42. The molecule has 0 aromatic heterocycles. The first-order valence-corrected chi connectivity index (χ1v) is 30.6. The van der Waals surface area contributed by atoms with E-state index in [9.17, 15) is 42.7 Å². The zero-order valence-corrected chi connectivity index (χ0v) is 42.3. The quantitative estimate of drug-likeness (QED) is 0.0717. The number of benzene rings is 5.